The second kappa shape index (κ2) is 5.34. The van der Waals surface area contributed by atoms with Crippen molar-refractivity contribution >= 4 is 0 Å². The van der Waals surface area contributed by atoms with E-state index in [1.54, 1.807) is 0 Å². The van der Waals surface area contributed by atoms with E-state index in [2.05, 4.69) is 6.58 Å². The van der Waals surface area contributed by atoms with Crippen LogP contribution in [0.5, 0.6) is 0 Å². The lowest BCUT2D eigenvalue weighted by Gasteiger charge is -2.16. The molecular formula is C10H18O4. The fourth-order valence-corrected chi connectivity index (χ4v) is 1.25. The van der Waals surface area contributed by atoms with Gasteiger partial charge in [0.2, 0.25) is 0 Å². The van der Waals surface area contributed by atoms with Crippen LogP contribution in [-0.2, 0) is 18.9 Å². The van der Waals surface area contributed by atoms with E-state index in [9.17, 15) is 0 Å². The third-order valence-electron chi connectivity index (χ3n) is 1.83. The van der Waals surface area contributed by atoms with Gasteiger partial charge in [0, 0.05) is 0 Å². The normalized spacial score (nSPS) is 24.9. The van der Waals surface area contributed by atoms with Crippen LogP contribution in [0.25, 0.3) is 0 Å². The van der Waals surface area contributed by atoms with Crippen LogP contribution in [0, 0.1) is 0 Å². The molecule has 14 heavy (non-hydrogen) atoms. The lowest BCUT2D eigenvalue weighted by molar-refractivity contribution is -0.145. The van der Waals surface area contributed by atoms with Gasteiger partial charge in [-0.05, 0) is 13.8 Å². The van der Waals surface area contributed by atoms with Gasteiger partial charge in [0.15, 0.2) is 5.79 Å². The largest absolute Gasteiger partial charge is 0.499 e. The minimum Gasteiger partial charge on any atom is -0.499 e. The summed E-state index contributed by atoms with van der Waals surface area (Å²) in [6.45, 7) is 9.44. The van der Waals surface area contributed by atoms with Crippen molar-refractivity contribution < 1.29 is 18.9 Å². The molecule has 4 heteroatoms. The van der Waals surface area contributed by atoms with Crippen molar-refractivity contribution in [3.8, 4) is 0 Å². The molecule has 0 aromatic carbocycles. The molecule has 1 unspecified atom stereocenters. The molecule has 0 aliphatic carbocycles. The molecule has 0 N–H and O–H groups in total. The van der Waals surface area contributed by atoms with E-state index in [4.69, 9.17) is 18.9 Å². The highest BCUT2D eigenvalue weighted by atomic mass is 16.7. The molecular weight excluding hydrogens is 184 g/mol. The standard InChI is InChI=1S/C10H18O4/c1-4-11-5-6-12-7-9-8-13-10(2,3)14-9/h4,9H,1,5-8H2,2-3H3. The summed E-state index contributed by atoms with van der Waals surface area (Å²) >= 11 is 0. The molecule has 1 atom stereocenters. The Bertz CT molecular complexity index is 179. The molecule has 1 aliphatic heterocycles. The van der Waals surface area contributed by atoms with Crippen LogP contribution in [0.15, 0.2) is 12.8 Å². The van der Waals surface area contributed by atoms with Crippen molar-refractivity contribution in [2.24, 2.45) is 0 Å². The summed E-state index contributed by atoms with van der Waals surface area (Å²) < 4.78 is 21.2. The molecule has 4 nitrogen and oxygen atoms in total. The predicted molar refractivity (Wildman–Crippen MR) is 51.9 cm³/mol. The fraction of sp³-hybridized carbons (Fsp3) is 0.800. The molecule has 0 saturated carbocycles. The maximum Gasteiger partial charge on any atom is 0.163 e. The molecule has 1 heterocycles. The number of ether oxygens (including phenoxy) is 4. The molecule has 0 radical (unpaired) electrons. The first kappa shape index (κ1) is 11.5. The summed E-state index contributed by atoms with van der Waals surface area (Å²) in [4.78, 5) is 0. The summed E-state index contributed by atoms with van der Waals surface area (Å²) in [5.74, 6) is -0.467. The molecule has 0 aromatic heterocycles. The van der Waals surface area contributed by atoms with Crippen LogP contribution in [-0.4, -0.2) is 38.3 Å². The minimum atomic E-state index is -0.467. The first-order chi connectivity index (χ1) is 6.64. The van der Waals surface area contributed by atoms with E-state index in [1.165, 1.54) is 6.26 Å². The van der Waals surface area contributed by atoms with E-state index in [-0.39, 0.29) is 6.10 Å². The molecule has 0 aromatic rings. The van der Waals surface area contributed by atoms with Gasteiger partial charge in [-0.25, -0.2) is 0 Å². The zero-order valence-corrected chi connectivity index (χ0v) is 8.82. The lowest BCUT2D eigenvalue weighted by atomic mass is 10.4. The van der Waals surface area contributed by atoms with Crippen molar-refractivity contribution in [2.75, 3.05) is 26.4 Å². The number of hydrogen-bond donors (Lipinski definition) is 0. The second-order valence-electron chi connectivity index (χ2n) is 3.56. The molecule has 0 amide bonds. The van der Waals surface area contributed by atoms with Gasteiger partial charge < -0.3 is 18.9 Å². The Morgan fingerprint density at radius 3 is 2.86 bits per heavy atom. The van der Waals surface area contributed by atoms with Crippen LogP contribution in [0.2, 0.25) is 0 Å². The first-order valence-corrected chi connectivity index (χ1v) is 4.76. The third-order valence-corrected chi connectivity index (χ3v) is 1.83. The van der Waals surface area contributed by atoms with Crippen molar-refractivity contribution in [1.82, 2.24) is 0 Å². The molecule has 1 fully saturated rings. The first-order valence-electron chi connectivity index (χ1n) is 4.76. The van der Waals surface area contributed by atoms with Crippen LogP contribution < -0.4 is 0 Å². The van der Waals surface area contributed by atoms with Gasteiger partial charge in [-0.3, -0.25) is 0 Å². The summed E-state index contributed by atoms with van der Waals surface area (Å²) in [5, 5.41) is 0. The quantitative estimate of drug-likeness (QED) is 0.481. The van der Waals surface area contributed by atoms with Gasteiger partial charge in [-0.15, -0.1) is 0 Å². The highest BCUT2D eigenvalue weighted by Gasteiger charge is 2.32. The van der Waals surface area contributed by atoms with E-state index in [0.29, 0.717) is 26.4 Å². The van der Waals surface area contributed by atoms with Gasteiger partial charge >= 0.3 is 0 Å². The van der Waals surface area contributed by atoms with Crippen molar-refractivity contribution in [1.29, 1.82) is 0 Å². The Morgan fingerprint density at radius 2 is 2.29 bits per heavy atom. The van der Waals surface area contributed by atoms with Gasteiger partial charge in [0.25, 0.3) is 0 Å². The van der Waals surface area contributed by atoms with Crippen molar-refractivity contribution in [2.45, 2.75) is 25.7 Å². The smallest absolute Gasteiger partial charge is 0.163 e. The van der Waals surface area contributed by atoms with Crippen LogP contribution in [0.1, 0.15) is 13.8 Å². The van der Waals surface area contributed by atoms with E-state index < -0.39 is 5.79 Å². The Balaban J connectivity index is 2.00. The summed E-state index contributed by atoms with van der Waals surface area (Å²) in [5.41, 5.74) is 0. The van der Waals surface area contributed by atoms with Crippen LogP contribution >= 0.6 is 0 Å². The number of hydrogen-bond acceptors (Lipinski definition) is 4. The highest BCUT2D eigenvalue weighted by molar-refractivity contribution is 4.70. The van der Waals surface area contributed by atoms with E-state index in [1.807, 2.05) is 13.8 Å². The highest BCUT2D eigenvalue weighted by Crippen LogP contribution is 2.22. The average molecular weight is 202 g/mol. The fourth-order valence-electron chi connectivity index (χ4n) is 1.25. The van der Waals surface area contributed by atoms with Crippen molar-refractivity contribution in [3.63, 3.8) is 0 Å². The third kappa shape index (κ3) is 4.09. The van der Waals surface area contributed by atoms with Crippen LogP contribution in [0.4, 0.5) is 0 Å². The molecule has 1 saturated heterocycles. The molecule has 82 valence electrons. The Kier molecular flexibility index (Phi) is 4.38. The Labute approximate surface area is 84.8 Å². The molecule has 1 aliphatic rings. The maximum absolute atomic E-state index is 5.55. The summed E-state index contributed by atoms with van der Waals surface area (Å²) in [6.07, 6.45) is 1.44. The van der Waals surface area contributed by atoms with Crippen LogP contribution in [0.3, 0.4) is 0 Å². The van der Waals surface area contributed by atoms with E-state index in [0.717, 1.165) is 0 Å². The summed E-state index contributed by atoms with van der Waals surface area (Å²) in [7, 11) is 0. The molecule has 1 rings (SSSR count). The monoisotopic (exact) mass is 202 g/mol. The van der Waals surface area contributed by atoms with Gasteiger partial charge in [-0.1, -0.05) is 6.58 Å². The summed E-state index contributed by atoms with van der Waals surface area (Å²) in [6, 6.07) is 0. The molecule has 0 spiro atoms. The Hall–Kier alpha value is -0.580. The number of rotatable bonds is 6. The second-order valence-corrected chi connectivity index (χ2v) is 3.56. The zero-order valence-electron chi connectivity index (χ0n) is 8.82. The molecule has 0 bridgehead atoms. The zero-order chi connectivity index (χ0) is 10.4. The van der Waals surface area contributed by atoms with Gasteiger partial charge in [0.1, 0.15) is 12.7 Å². The maximum atomic E-state index is 5.55. The Morgan fingerprint density at radius 1 is 1.50 bits per heavy atom. The minimum absolute atomic E-state index is 0.0359. The van der Waals surface area contributed by atoms with Gasteiger partial charge in [0.05, 0.1) is 26.1 Å². The predicted octanol–water partition coefficient (Wildman–Crippen LogP) is 1.31. The lowest BCUT2D eigenvalue weighted by Crippen LogP contribution is -2.24. The average Bonchev–Trinajstić information content (AvgIpc) is 2.45. The van der Waals surface area contributed by atoms with Crippen molar-refractivity contribution in [3.05, 3.63) is 12.8 Å². The van der Waals surface area contributed by atoms with Gasteiger partial charge in [-0.2, -0.15) is 0 Å². The SMILES string of the molecule is C=COCCOCC1COC(C)(C)O1. The van der Waals surface area contributed by atoms with E-state index >= 15 is 0 Å². The topological polar surface area (TPSA) is 36.9 Å².